The molecule has 0 heterocycles. The molecule has 0 spiro atoms. The highest BCUT2D eigenvalue weighted by molar-refractivity contribution is 6.59. The lowest BCUT2D eigenvalue weighted by Crippen LogP contribution is -2.31. The standard InChI is InChI=1S/C9H13BO3/c1-3-7-4-5-8(10(11)12)9(6-7)13-2/h4-6,11-12H,3H2,1-2H3. The first-order chi connectivity index (χ1) is 6.19. The van der Waals surface area contributed by atoms with Crippen LogP contribution in [-0.4, -0.2) is 24.3 Å². The maximum absolute atomic E-state index is 8.97. The summed E-state index contributed by atoms with van der Waals surface area (Å²) in [6, 6.07) is 5.34. The summed E-state index contributed by atoms with van der Waals surface area (Å²) in [4.78, 5) is 0. The van der Waals surface area contributed by atoms with Crippen LogP contribution in [0.5, 0.6) is 5.75 Å². The molecule has 0 unspecified atom stereocenters. The monoisotopic (exact) mass is 180 g/mol. The van der Waals surface area contributed by atoms with Crippen LogP contribution in [0.4, 0.5) is 0 Å². The number of aryl methyl sites for hydroxylation is 1. The molecule has 2 N–H and O–H groups in total. The Bertz CT molecular complexity index is 286. The van der Waals surface area contributed by atoms with Gasteiger partial charge in [-0.3, -0.25) is 0 Å². The van der Waals surface area contributed by atoms with Gasteiger partial charge in [0.15, 0.2) is 0 Å². The van der Waals surface area contributed by atoms with Crippen molar-refractivity contribution in [3.63, 3.8) is 0 Å². The second-order valence-electron chi connectivity index (χ2n) is 2.80. The van der Waals surface area contributed by atoms with Crippen molar-refractivity contribution >= 4 is 12.6 Å². The van der Waals surface area contributed by atoms with Crippen LogP contribution in [-0.2, 0) is 6.42 Å². The van der Waals surface area contributed by atoms with E-state index in [0.717, 1.165) is 12.0 Å². The molecule has 0 atom stereocenters. The van der Waals surface area contributed by atoms with Crippen molar-refractivity contribution in [1.82, 2.24) is 0 Å². The quantitative estimate of drug-likeness (QED) is 0.640. The van der Waals surface area contributed by atoms with E-state index in [1.165, 1.54) is 7.11 Å². The van der Waals surface area contributed by atoms with Crippen LogP contribution in [0.1, 0.15) is 12.5 Å². The van der Waals surface area contributed by atoms with Crippen molar-refractivity contribution in [2.75, 3.05) is 7.11 Å². The summed E-state index contributed by atoms with van der Waals surface area (Å²) in [5.74, 6) is 0.523. The van der Waals surface area contributed by atoms with Gasteiger partial charge in [-0.05, 0) is 18.1 Å². The molecule has 4 heteroatoms. The summed E-state index contributed by atoms with van der Waals surface area (Å²) in [5.41, 5.74) is 1.51. The highest BCUT2D eigenvalue weighted by Crippen LogP contribution is 2.11. The summed E-state index contributed by atoms with van der Waals surface area (Å²) in [6.45, 7) is 2.03. The van der Waals surface area contributed by atoms with Crippen LogP contribution < -0.4 is 10.2 Å². The largest absolute Gasteiger partial charge is 0.497 e. The second-order valence-corrected chi connectivity index (χ2v) is 2.80. The molecular weight excluding hydrogens is 167 g/mol. The van der Waals surface area contributed by atoms with Gasteiger partial charge in [0.25, 0.3) is 0 Å². The Kier molecular flexibility index (Phi) is 3.34. The first-order valence-corrected chi connectivity index (χ1v) is 4.22. The zero-order valence-corrected chi connectivity index (χ0v) is 7.82. The molecule has 0 aromatic heterocycles. The van der Waals surface area contributed by atoms with E-state index in [2.05, 4.69) is 0 Å². The molecule has 0 aliphatic rings. The lowest BCUT2D eigenvalue weighted by Gasteiger charge is -2.08. The summed E-state index contributed by atoms with van der Waals surface area (Å²) in [7, 11) is 0.0431. The van der Waals surface area contributed by atoms with E-state index < -0.39 is 7.12 Å². The van der Waals surface area contributed by atoms with E-state index in [0.29, 0.717) is 11.2 Å². The summed E-state index contributed by atoms with van der Waals surface area (Å²) < 4.78 is 5.03. The molecule has 0 bridgehead atoms. The normalized spacial score (nSPS) is 9.85. The van der Waals surface area contributed by atoms with E-state index in [1.807, 2.05) is 19.1 Å². The summed E-state index contributed by atoms with van der Waals surface area (Å²) in [5, 5.41) is 17.9. The molecule has 0 saturated heterocycles. The molecule has 1 aromatic rings. The SMILES string of the molecule is CCc1ccc(B(O)O)c(OC)c1. The van der Waals surface area contributed by atoms with Gasteiger partial charge < -0.3 is 14.8 Å². The number of hydrogen-bond acceptors (Lipinski definition) is 3. The lowest BCUT2D eigenvalue weighted by molar-refractivity contribution is 0.403. The Morgan fingerprint density at radius 3 is 2.54 bits per heavy atom. The molecule has 0 saturated carbocycles. The number of hydrogen-bond donors (Lipinski definition) is 2. The molecule has 0 amide bonds. The van der Waals surface area contributed by atoms with Gasteiger partial charge in [-0.25, -0.2) is 0 Å². The Hall–Kier alpha value is -0.995. The third-order valence-corrected chi connectivity index (χ3v) is 1.98. The average molecular weight is 180 g/mol. The van der Waals surface area contributed by atoms with Crippen molar-refractivity contribution in [2.24, 2.45) is 0 Å². The smallest absolute Gasteiger partial charge is 0.492 e. The maximum atomic E-state index is 8.97. The van der Waals surface area contributed by atoms with Gasteiger partial charge in [-0.1, -0.05) is 19.1 Å². The third-order valence-electron chi connectivity index (χ3n) is 1.98. The topological polar surface area (TPSA) is 49.7 Å². The molecule has 13 heavy (non-hydrogen) atoms. The maximum Gasteiger partial charge on any atom is 0.492 e. The van der Waals surface area contributed by atoms with Crippen molar-refractivity contribution in [3.8, 4) is 5.75 Å². The average Bonchev–Trinajstić information content (AvgIpc) is 2.16. The van der Waals surface area contributed by atoms with E-state index in [-0.39, 0.29) is 0 Å². The van der Waals surface area contributed by atoms with E-state index in [9.17, 15) is 0 Å². The van der Waals surface area contributed by atoms with Gasteiger partial charge in [0.2, 0.25) is 0 Å². The summed E-state index contributed by atoms with van der Waals surface area (Å²) in [6.07, 6.45) is 0.901. The van der Waals surface area contributed by atoms with Gasteiger partial charge in [0.05, 0.1) is 7.11 Å². The first kappa shape index (κ1) is 10.1. The fourth-order valence-corrected chi connectivity index (χ4v) is 1.19. The van der Waals surface area contributed by atoms with Crippen LogP contribution in [0.3, 0.4) is 0 Å². The first-order valence-electron chi connectivity index (χ1n) is 4.22. The highest BCUT2D eigenvalue weighted by atomic mass is 16.5. The molecule has 1 rings (SSSR count). The Labute approximate surface area is 78.1 Å². The van der Waals surface area contributed by atoms with Crippen LogP contribution >= 0.6 is 0 Å². The Morgan fingerprint density at radius 1 is 1.38 bits per heavy atom. The minimum absolute atomic E-state index is 0.403. The molecule has 0 aliphatic carbocycles. The number of benzene rings is 1. The molecule has 0 radical (unpaired) electrons. The Balaban J connectivity index is 3.08. The molecule has 0 aliphatic heterocycles. The van der Waals surface area contributed by atoms with Gasteiger partial charge in [0, 0.05) is 5.46 Å². The van der Waals surface area contributed by atoms with Crippen molar-refractivity contribution < 1.29 is 14.8 Å². The van der Waals surface area contributed by atoms with E-state index in [1.54, 1.807) is 6.07 Å². The summed E-state index contributed by atoms with van der Waals surface area (Å²) >= 11 is 0. The van der Waals surface area contributed by atoms with Crippen LogP contribution in [0.25, 0.3) is 0 Å². The number of methoxy groups -OCH3 is 1. The molecule has 70 valence electrons. The lowest BCUT2D eigenvalue weighted by atomic mass is 9.79. The molecule has 0 fully saturated rings. The highest BCUT2D eigenvalue weighted by Gasteiger charge is 2.16. The van der Waals surface area contributed by atoms with Gasteiger partial charge >= 0.3 is 7.12 Å². The fraction of sp³-hybridized carbons (Fsp3) is 0.333. The Morgan fingerprint density at radius 2 is 2.08 bits per heavy atom. The number of ether oxygens (including phenoxy) is 1. The van der Waals surface area contributed by atoms with Crippen LogP contribution in [0.2, 0.25) is 0 Å². The van der Waals surface area contributed by atoms with E-state index in [4.69, 9.17) is 14.8 Å². The van der Waals surface area contributed by atoms with Gasteiger partial charge in [-0.15, -0.1) is 0 Å². The van der Waals surface area contributed by atoms with Crippen molar-refractivity contribution in [2.45, 2.75) is 13.3 Å². The second kappa shape index (κ2) is 4.30. The minimum Gasteiger partial charge on any atom is -0.497 e. The minimum atomic E-state index is -1.47. The van der Waals surface area contributed by atoms with Gasteiger partial charge in [0.1, 0.15) is 5.75 Å². The van der Waals surface area contributed by atoms with Crippen molar-refractivity contribution in [1.29, 1.82) is 0 Å². The molecule has 1 aromatic carbocycles. The predicted molar refractivity (Wildman–Crippen MR) is 52.2 cm³/mol. The van der Waals surface area contributed by atoms with Crippen molar-refractivity contribution in [3.05, 3.63) is 23.8 Å². The number of rotatable bonds is 3. The fourth-order valence-electron chi connectivity index (χ4n) is 1.19. The third kappa shape index (κ3) is 2.23. The zero-order valence-electron chi connectivity index (χ0n) is 7.82. The van der Waals surface area contributed by atoms with Crippen LogP contribution in [0.15, 0.2) is 18.2 Å². The molecule has 3 nitrogen and oxygen atoms in total. The molecular formula is C9H13BO3. The zero-order chi connectivity index (χ0) is 9.84. The van der Waals surface area contributed by atoms with E-state index >= 15 is 0 Å². The predicted octanol–water partition coefficient (Wildman–Crippen LogP) is -0.0626. The van der Waals surface area contributed by atoms with Crippen LogP contribution in [0, 0.1) is 0 Å². The van der Waals surface area contributed by atoms with Gasteiger partial charge in [-0.2, -0.15) is 0 Å².